The van der Waals surface area contributed by atoms with Gasteiger partial charge in [-0.2, -0.15) is 0 Å². The molecule has 1 fully saturated rings. The van der Waals surface area contributed by atoms with Gasteiger partial charge in [-0.3, -0.25) is 0 Å². The molecule has 2 heterocycles. The van der Waals surface area contributed by atoms with E-state index >= 15 is 0 Å². The second kappa shape index (κ2) is 4.06. The van der Waals surface area contributed by atoms with E-state index in [9.17, 15) is 1.37 Å². The average Bonchev–Trinajstić information content (AvgIpc) is 2.99. The van der Waals surface area contributed by atoms with Crippen molar-refractivity contribution in [2.45, 2.75) is 36.4 Å². The number of hydrogen-bond donors (Lipinski definition) is 1. The van der Waals surface area contributed by atoms with Gasteiger partial charge < -0.3 is 19.5 Å². The lowest BCUT2D eigenvalue weighted by Crippen LogP contribution is -2.64. The van der Waals surface area contributed by atoms with Crippen molar-refractivity contribution in [1.29, 1.82) is 1.43 Å². The van der Waals surface area contributed by atoms with Crippen LogP contribution < -0.4 is 9.47 Å². The van der Waals surface area contributed by atoms with E-state index in [1.165, 1.54) is 7.11 Å². The Morgan fingerprint density at radius 1 is 1.59 bits per heavy atom. The van der Waals surface area contributed by atoms with Crippen molar-refractivity contribution in [2.75, 3.05) is 20.7 Å². The molecule has 1 N–H and O–H groups in total. The number of likely N-dealkylation sites (N-methyl/N-ethyl adjacent to an activating group) is 1. The van der Waals surface area contributed by atoms with Crippen LogP contribution in [0.4, 0.5) is 0 Å². The lowest BCUT2D eigenvalue weighted by molar-refractivity contribution is -0.0453. The van der Waals surface area contributed by atoms with E-state index in [1.54, 1.807) is 24.1 Å². The minimum Gasteiger partial charge on any atom is -0.493 e. The molecule has 2 bridgehead atoms. The Hall–Kier alpha value is -1.52. The fraction of sp³-hybridized carbons (Fsp3) is 0.556. The van der Waals surface area contributed by atoms with E-state index in [4.69, 9.17) is 21.5 Å². The molecular formula is C18H21NO3. The molecule has 2 aliphatic heterocycles. The van der Waals surface area contributed by atoms with Gasteiger partial charge in [0, 0.05) is 27.0 Å². The number of ether oxygens (including phenoxy) is 2. The van der Waals surface area contributed by atoms with Crippen molar-refractivity contribution in [3.8, 4) is 11.5 Å². The smallest absolute Gasteiger partial charge is 0.211 e. The molecule has 2 unspecified atom stereocenters. The summed E-state index contributed by atoms with van der Waals surface area (Å²) < 4.78 is 63.2. The lowest BCUT2D eigenvalue weighted by Gasteiger charge is -2.56. The molecule has 22 heavy (non-hydrogen) atoms. The highest BCUT2D eigenvalue weighted by molar-refractivity contribution is 5.62. The number of likely N-dealkylation sites (tertiary alicyclic amines) is 1. The summed E-state index contributed by atoms with van der Waals surface area (Å²) in [6, 6.07) is -2.20. The van der Waals surface area contributed by atoms with E-state index < -0.39 is 35.9 Å². The predicted octanol–water partition coefficient (Wildman–Crippen LogP) is 1.50. The zero-order valence-corrected chi connectivity index (χ0v) is 12.5. The van der Waals surface area contributed by atoms with E-state index in [0.29, 0.717) is 18.5 Å². The van der Waals surface area contributed by atoms with Crippen LogP contribution in [0.1, 0.15) is 24.4 Å². The van der Waals surface area contributed by atoms with Crippen molar-refractivity contribution in [3.05, 3.63) is 35.4 Å². The molecule has 0 amide bonds. The van der Waals surface area contributed by atoms with Gasteiger partial charge in [-0.1, -0.05) is 18.2 Å². The van der Waals surface area contributed by atoms with Crippen molar-refractivity contribution < 1.29 is 21.4 Å². The SMILES string of the molecule is [2H]OC1C=C[C@@H]2[C@@]34CCN(C)[C@]2([2H])C([2H])([2H])c2c([2H])c([2H])c(OC)c(c23)OC14. The molecule has 4 nitrogen and oxygen atoms in total. The summed E-state index contributed by atoms with van der Waals surface area (Å²) in [5.41, 5.74) is -0.248. The van der Waals surface area contributed by atoms with Crippen molar-refractivity contribution in [1.82, 2.24) is 4.90 Å². The summed E-state index contributed by atoms with van der Waals surface area (Å²) in [6.07, 6.45) is 0.476. The maximum absolute atomic E-state index is 9.29. The van der Waals surface area contributed by atoms with Crippen LogP contribution in [0.25, 0.3) is 0 Å². The third kappa shape index (κ3) is 1.28. The van der Waals surface area contributed by atoms with E-state index in [0.717, 1.165) is 0 Å². The normalized spacial score (nSPS) is 50.5. The highest BCUT2D eigenvalue weighted by atomic mass is 16.5. The molecular weight excluding hydrogens is 278 g/mol. The van der Waals surface area contributed by atoms with Crippen LogP contribution in [0.5, 0.6) is 11.5 Å². The van der Waals surface area contributed by atoms with Gasteiger partial charge in [0.25, 0.3) is 0 Å². The number of methoxy groups -OCH3 is 1. The molecule has 1 spiro atoms. The molecule has 4 heteroatoms. The number of aliphatic hydroxyl groups is 1. The Balaban J connectivity index is 1.96. The number of piperidine rings is 1. The molecule has 0 saturated carbocycles. The molecule has 1 aromatic carbocycles. The highest BCUT2D eigenvalue weighted by Gasteiger charge is 2.64. The van der Waals surface area contributed by atoms with Crippen LogP contribution in [0, 0.1) is 5.92 Å². The van der Waals surface area contributed by atoms with Crippen molar-refractivity contribution >= 4 is 0 Å². The molecule has 1 saturated heterocycles. The maximum Gasteiger partial charge on any atom is 0.211 e. The fourth-order valence-electron chi connectivity index (χ4n) is 4.59. The zero-order chi connectivity index (χ0) is 20.2. The van der Waals surface area contributed by atoms with Gasteiger partial charge in [0.1, 0.15) is 12.2 Å². The van der Waals surface area contributed by atoms with E-state index in [1.807, 2.05) is 0 Å². The first-order valence-corrected chi connectivity index (χ1v) is 7.58. The van der Waals surface area contributed by atoms with Crippen LogP contribution >= 0.6 is 0 Å². The van der Waals surface area contributed by atoms with E-state index in [-0.39, 0.29) is 29.1 Å². The van der Waals surface area contributed by atoms with Gasteiger partial charge in [0.05, 0.1) is 9.85 Å². The average molecular weight is 305 g/mol. The van der Waals surface area contributed by atoms with Gasteiger partial charge in [0.2, 0.25) is 1.43 Å². The third-order valence-electron chi connectivity index (χ3n) is 5.57. The molecule has 5 atom stereocenters. The molecule has 0 aromatic heterocycles. The van der Waals surface area contributed by atoms with Gasteiger partial charge in [-0.15, -0.1) is 0 Å². The summed E-state index contributed by atoms with van der Waals surface area (Å²) in [5.74, 6) is -0.198. The van der Waals surface area contributed by atoms with Crippen LogP contribution in [0.3, 0.4) is 0 Å². The fourth-order valence-corrected chi connectivity index (χ4v) is 4.59. The van der Waals surface area contributed by atoms with Crippen molar-refractivity contribution in [3.63, 3.8) is 0 Å². The summed E-state index contributed by atoms with van der Waals surface area (Å²) in [6.45, 7) is 0.467. The quantitative estimate of drug-likeness (QED) is 0.841. The third-order valence-corrected chi connectivity index (χ3v) is 5.57. The highest BCUT2D eigenvalue weighted by Crippen LogP contribution is 2.62. The standard InChI is InChI=1S/C18H21NO3/c1-19-8-7-18-11-4-5-13(20)17(18)22-16-14(21-2)6-3-10(15(16)18)9-12(11)19/h3-6,11-13,17,20H,7-9H2,1-2H3/t11-,12+,13?,17?,18-/m0/s1/i3D,6D,9D2,12D,20D. The minimum atomic E-state index is -2.21. The predicted molar refractivity (Wildman–Crippen MR) is 82.5 cm³/mol. The Morgan fingerprint density at radius 2 is 2.50 bits per heavy atom. The van der Waals surface area contributed by atoms with Crippen LogP contribution in [-0.2, 0) is 11.8 Å². The topological polar surface area (TPSA) is 41.9 Å². The Bertz CT molecular complexity index is 923. The first-order chi connectivity index (χ1) is 13.2. The lowest BCUT2D eigenvalue weighted by atomic mass is 9.53. The molecule has 116 valence electrons. The number of aliphatic hydroxyl groups excluding tert-OH is 1. The molecule has 4 aliphatic rings. The summed E-state index contributed by atoms with van der Waals surface area (Å²) in [7, 11) is 3.12. The van der Waals surface area contributed by atoms with Crippen LogP contribution in [-0.4, -0.2) is 50.4 Å². The Labute approximate surface area is 138 Å². The number of nitrogens with zero attached hydrogens (tertiary/aromatic N) is 1. The molecule has 5 rings (SSSR count). The van der Waals surface area contributed by atoms with Gasteiger partial charge in [-0.05, 0) is 38.0 Å². The monoisotopic (exact) mass is 305 g/mol. The van der Waals surface area contributed by atoms with Crippen LogP contribution in [0.15, 0.2) is 24.2 Å². The second-order valence-electron chi connectivity index (χ2n) is 6.45. The largest absolute Gasteiger partial charge is 0.493 e. The van der Waals surface area contributed by atoms with Crippen LogP contribution in [0.2, 0.25) is 0 Å². The van der Waals surface area contributed by atoms with E-state index in [2.05, 4.69) is 0 Å². The summed E-state index contributed by atoms with van der Waals surface area (Å²) in [4.78, 5) is 1.69. The second-order valence-corrected chi connectivity index (χ2v) is 6.45. The first-order valence-electron chi connectivity index (χ1n) is 10.5. The van der Waals surface area contributed by atoms with Gasteiger partial charge >= 0.3 is 0 Å². The first kappa shape index (κ1) is 8.37. The summed E-state index contributed by atoms with van der Waals surface area (Å²) in [5, 5.41) is 4.92. The summed E-state index contributed by atoms with van der Waals surface area (Å²) >= 11 is 0. The number of rotatable bonds is 2. The molecule has 1 aromatic rings. The Morgan fingerprint density at radius 3 is 3.32 bits per heavy atom. The van der Waals surface area contributed by atoms with Crippen molar-refractivity contribution in [2.24, 2.45) is 5.92 Å². The number of benzene rings is 1. The number of hydrogen-bond acceptors (Lipinski definition) is 4. The van der Waals surface area contributed by atoms with Gasteiger partial charge in [0.15, 0.2) is 11.5 Å². The maximum atomic E-state index is 9.29. The minimum absolute atomic E-state index is 0.0348. The molecule has 2 aliphatic carbocycles. The molecule has 0 radical (unpaired) electrons. The van der Waals surface area contributed by atoms with Gasteiger partial charge in [-0.25, -0.2) is 0 Å². The zero-order valence-electron chi connectivity index (χ0n) is 18.5. The Kier molecular flexibility index (Phi) is 1.54.